The van der Waals surface area contributed by atoms with Crippen molar-refractivity contribution in [1.29, 1.82) is 0 Å². The van der Waals surface area contributed by atoms with Crippen LogP contribution in [0.2, 0.25) is 0 Å². The van der Waals surface area contributed by atoms with Crippen LogP contribution in [0.5, 0.6) is 11.5 Å². The lowest BCUT2D eigenvalue weighted by molar-refractivity contribution is 0.309. The van der Waals surface area contributed by atoms with E-state index in [0.29, 0.717) is 13.2 Å². The minimum Gasteiger partial charge on any atom is -0.493 e. The number of rotatable bonds is 6. The first-order valence-corrected chi connectivity index (χ1v) is 7.32. The summed E-state index contributed by atoms with van der Waals surface area (Å²) in [6.45, 7) is 3.27. The topological polar surface area (TPSA) is 30.5 Å². The van der Waals surface area contributed by atoms with Crippen molar-refractivity contribution in [3.8, 4) is 11.5 Å². The van der Waals surface area contributed by atoms with Gasteiger partial charge in [0.15, 0.2) is 11.5 Å². The Morgan fingerprint density at radius 3 is 2.65 bits per heavy atom. The van der Waals surface area contributed by atoms with E-state index in [1.54, 1.807) is 7.11 Å². The van der Waals surface area contributed by atoms with E-state index in [0.717, 1.165) is 27.2 Å². The molecule has 0 saturated carbocycles. The molecule has 2 aromatic rings. The Labute approximate surface area is 128 Å². The van der Waals surface area contributed by atoms with Crippen LogP contribution in [0.1, 0.15) is 12.5 Å². The molecule has 0 aliphatic rings. The molecule has 0 aliphatic carbocycles. The fraction of sp³-hybridized carbons (Fsp3) is 0.250. The van der Waals surface area contributed by atoms with Crippen LogP contribution in [0.25, 0.3) is 0 Å². The first kappa shape index (κ1) is 14.7. The lowest BCUT2D eigenvalue weighted by Crippen LogP contribution is -2.03. The largest absolute Gasteiger partial charge is 0.493 e. The number of anilines is 1. The average Bonchev–Trinajstić information content (AvgIpc) is 2.45. The minimum absolute atomic E-state index is 0.624. The van der Waals surface area contributed by atoms with Gasteiger partial charge in [-0.2, -0.15) is 0 Å². The van der Waals surface area contributed by atoms with E-state index in [1.807, 2.05) is 49.4 Å². The van der Waals surface area contributed by atoms with Crippen molar-refractivity contribution in [2.75, 3.05) is 19.0 Å². The van der Waals surface area contributed by atoms with E-state index in [9.17, 15) is 0 Å². The number of ether oxygens (including phenoxy) is 2. The molecule has 2 aromatic carbocycles. The summed E-state index contributed by atoms with van der Waals surface area (Å²) in [5, 5.41) is 3.38. The van der Waals surface area contributed by atoms with E-state index >= 15 is 0 Å². The Bertz CT molecular complexity index is 572. The maximum absolute atomic E-state index is 5.58. The fourth-order valence-corrected chi connectivity index (χ4v) is 2.40. The fourth-order valence-electron chi connectivity index (χ4n) is 2.00. The summed E-state index contributed by atoms with van der Waals surface area (Å²) in [6, 6.07) is 14.0. The van der Waals surface area contributed by atoms with Crippen molar-refractivity contribution >= 4 is 21.6 Å². The summed E-state index contributed by atoms with van der Waals surface area (Å²) in [5.41, 5.74) is 2.13. The molecular weight excluding hydrogens is 318 g/mol. The van der Waals surface area contributed by atoms with Gasteiger partial charge in [0.2, 0.25) is 0 Å². The standard InChI is InChI=1S/C16H18BrNO2/c1-3-20-15-9-4-6-12(16(15)19-2)11-18-14-8-5-7-13(17)10-14/h4-10,18H,3,11H2,1-2H3. The second-order valence-electron chi connectivity index (χ2n) is 4.25. The number of hydrogen-bond donors (Lipinski definition) is 1. The van der Waals surface area contributed by atoms with Crippen LogP contribution < -0.4 is 14.8 Å². The average molecular weight is 336 g/mol. The van der Waals surface area contributed by atoms with Crippen LogP contribution in [-0.4, -0.2) is 13.7 Å². The molecule has 0 bridgehead atoms. The number of para-hydroxylation sites is 1. The molecule has 0 radical (unpaired) electrons. The van der Waals surface area contributed by atoms with Gasteiger partial charge >= 0.3 is 0 Å². The maximum Gasteiger partial charge on any atom is 0.165 e. The molecule has 0 fully saturated rings. The maximum atomic E-state index is 5.58. The highest BCUT2D eigenvalue weighted by atomic mass is 79.9. The molecule has 4 heteroatoms. The zero-order chi connectivity index (χ0) is 14.4. The number of benzene rings is 2. The lowest BCUT2D eigenvalue weighted by Gasteiger charge is -2.14. The van der Waals surface area contributed by atoms with Crippen LogP contribution in [0.4, 0.5) is 5.69 Å². The quantitative estimate of drug-likeness (QED) is 0.844. The van der Waals surface area contributed by atoms with Gasteiger partial charge in [0.1, 0.15) is 0 Å². The number of nitrogens with one attached hydrogen (secondary N) is 1. The summed E-state index contributed by atoms with van der Waals surface area (Å²) in [7, 11) is 1.67. The third-order valence-corrected chi connectivity index (χ3v) is 3.37. The van der Waals surface area contributed by atoms with Crippen LogP contribution in [0.3, 0.4) is 0 Å². The Kier molecular flexibility index (Phi) is 5.30. The highest BCUT2D eigenvalue weighted by Crippen LogP contribution is 2.31. The Hall–Kier alpha value is -1.68. The predicted octanol–water partition coefficient (Wildman–Crippen LogP) is 4.47. The minimum atomic E-state index is 0.624. The van der Waals surface area contributed by atoms with Gasteiger partial charge in [0, 0.05) is 22.3 Å². The van der Waals surface area contributed by atoms with Crippen molar-refractivity contribution in [2.45, 2.75) is 13.5 Å². The van der Waals surface area contributed by atoms with Crippen LogP contribution in [-0.2, 0) is 6.54 Å². The van der Waals surface area contributed by atoms with E-state index in [2.05, 4.69) is 21.2 Å². The molecule has 20 heavy (non-hydrogen) atoms. The second kappa shape index (κ2) is 7.20. The van der Waals surface area contributed by atoms with E-state index in [1.165, 1.54) is 0 Å². The first-order chi connectivity index (χ1) is 9.74. The van der Waals surface area contributed by atoms with Gasteiger partial charge in [-0.05, 0) is 31.2 Å². The van der Waals surface area contributed by atoms with Gasteiger partial charge in [-0.1, -0.05) is 34.1 Å². The van der Waals surface area contributed by atoms with Crippen molar-refractivity contribution < 1.29 is 9.47 Å². The molecular formula is C16H18BrNO2. The Morgan fingerprint density at radius 2 is 1.95 bits per heavy atom. The van der Waals surface area contributed by atoms with Crippen molar-refractivity contribution in [3.63, 3.8) is 0 Å². The summed E-state index contributed by atoms with van der Waals surface area (Å²) in [4.78, 5) is 0. The molecule has 0 saturated heterocycles. The molecule has 0 spiro atoms. The summed E-state index contributed by atoms with van der Waals surface area (Å²) in [5.74, 6) is 1.57. The SMILES string of the molecule is CCOc1cccc(CNc2cccc(Br)c2)c1OC. The van der Waals surface area contributed by atoms with Gasteiger partial charge in [-0.25, -0.2) is 0 Å². The van der Waals surface area contributed by atoms with Gasteiger partial charge in [-0.15, -0.1) is 0 Å². The van der Waals surface area contributed by atoms with Gasteiger partial charge in [0.05, 0.1) is 13.7 Å². The smallest absolute Gasteiger partial charge is 0.165 e. The summed E-state index contributed by atoms with van der Waals surface area (Å²) < 4.78 is 12.1. The molecule has 0 amide bonds. The number of hydrogen-bond acceptors (Lipinski definition) is 3. The third kappa shape index (κ3) is 3.67. The van der Waals surface area contributed by atoms with Crippen LogP contribution >= 0.6 is 15.9 Å². The second-order valence-corrected chi connectivity index (χ2v) is 5.16. The van der Waals surface area contributed by atoms with Gasteiger partial charge < -0.3 is 14.8 Å². The van der Waals surface area contributed by atoms with Gasteiger partial charge in [-0.3, -0.25) is 0 Å². The molecule has 0 aliphatic heterocycles. The van der Waals surface area contributed by atoms with E-state index in [-0.39, 0.29) is 0 Å². The van der Waals surface area contributed by atoms with Crippen LogP contribution in [0.15, 0.2) is 46.9 Å². The molecule has 3 nitrogen and oxygen atoms in total. The monoisotopic (exact) mass is 335 g/mol. The van der Waals surface area contributed by atoms with E-state index < -0.39 is 0 Å². The molecule has 2 rings (SSSR count). The molecule has 1 N–H and O–H groups in total. The van der Waals surface area contributed by atoms with Crippen molar-refractivity contribution in [1.82, 2.24) is 0 Å². The van der Waals surface area contributed by atoms with Gasteiger partial charge in [0.25, 0.3) is 0 Å². The molecule has 0 unspecified atom stereocenters. The van der Waals surface area contributed by atoms with Crippen molar-refractivity contribution in [2.24, 2.45) is 0 Å². The third-order valence-electron chi connectivity index (χ3n) is 2.87. The van der Waals surface area contributed by atoms with Crippen molar-refractivity contribution in [3.05, 3.63) is 52.5 Å². The number of halogens is 1. The van der Waals surface area contributed by atoms with E-state index in [4.69, 9.17) is 9.47 Å². The number of methoxy groups -OCH3 is 1. The Balaban J connectivity index is 2.14. The first-order valence-electron chi connectivity index (χ1n) is 6.52. The lowest BCUT2D eigenvalue weighted by atomic mass is 10.1. The summed E-state index contributed by atoms with van der Waals surface area (Å²) >= 11 is 3.46. The zero-order valence-electron chi connectivity index (χ0n) is 11.7. The highest BCUT2D eigenvalue weighted by molar-refractivity contribution is 9.10. The zero-order valence-corrected chi connectivity index (χ0v) is 13.2. The molecule has 106 valence electrons. The predicted molar refractivity (Wildman–Crippen MR) is 85.6 cm³/mol. The summed E-state index contributed by atoms with van der Waals surface area (Å²) in [6.07, 6.45) is 0. The molecule has 0 atom stereocenters. The molecule has 0 heterocycles. The van der Waals surface area contributed by atoms with Crippen LogP contribution in [0, 0.1) is 0 Å². The normalized spacial score (nSPS) is 10.2. The Morgan fingerprint density at radius 1 is 1.15 bits per heavy atom. The molecule has 0 aromatic heterocycles. The highest BCUT2D eigenvalue weighted by Gasteiger charge is 2.09.